The van der Waals surface area contributed by atoms with Crippen molar-refractivity contribution in [1.29, 1.82) is 0 Å². The zero-order valence-electron chi connectivity index (χ0n) is 10.1. The lowest BCUT2D eigenvalue weighted by molar-refractivity contribution is 0.318. The van der Waals surface area contributed by atoms with Crippen LogP contribution >= 0.6 is 0 Å². The molecule has 0 bridgehead atoms. The zero-order chi connectivity index (χ0) is 12.1. The highest BCUT2D eigenvalue weighted by Crippen LogP contribution is 2.20. The highest BCUT2D eigenvalue weighted by molar-refractivity contribution is 6.10. The molecule has 1 heterocycles. The standard InChI is InChI=1S/C14H18N2O/c1-2-3-4-9-14(16-17)12-10-15-13-8-6-5-7-11(12)13/h5-8,10,15,17H,2-4,9H2,1H3/b16-14-. The van der Waals surface area contributed by atoms with Gasteiger partial charge in [-0.05, 0) is 18.9 Å². The van der Waals surface area contributed by atoms with Gasteiger partial charge in [0.1, 0.15) is 0 Å². The minimum atomic E-state index is 0.774. The number of benzene rings is 1. The van der Waals surface area contributed by atoms with Crippen LogP contribution in [0.25, 0.3) is 10.9 Å². The number of aromatic nitrogens is 1. The molecule has 0 radical (unpaired) electrons. The van der Waals surface area contributed by atoms with Gasteiger partial charge in [-0.15, -0.1) is 0 Å². The summed E-state index contributed by atoms with van der Waals surface area (Å²) in [7, 11) is 0. The van der Waals surface area contributed by atoms with Gasteiger partial charge in [0.05, 0.1) is 5.71 Å². The van der Waals surface area contributed by atoms with Crippen molar-refractivity contribution in [2.75, 3.05) is 0 Å². The Morgan fingerprint density at radius 3 is 2.88 bits per heavy atom. The van der Waals surface area contributed by atoms with Crippen molar-refractivity contribution >= 4 is 16.6 Å². The van der Waals surface area contributed by atoms with Crippen LogP contribution < -0.4 is 0 Å². The molecular formula is C14H18N2O. The highest BCUT2D eigenvalue weighted by atomic mass is 16.4. The van der Waals surface area contributed by atoms with Crippen LogP contribution in [0.4, 0.5) is 0 Å². The van der Waals surface area contributed by atoms with E-state index in [9.17, 15) is 0 Å². The van der Waals surface area contributed by atoms with E-state index >= 15 is 0 Å². The van der Waals surface area contributed by atoms with Crippen LogP contribution in [0.2, 0.25) is 0 Å². The van der Waals surface area contributed by atoms with Crippen LogP contribution in [0.3, 0.4) is 0 Å². The lowest BCUT2D eigenvalue weighted by Gasteiger charge is -2.02. The molecule has 90 valence electrons. The molecule has 0 aliphatic heterocycles. The van der Waals surface area contributed by atoms with E-state index in [0.717, 1.165) is 35.0 Å². The second-order valence-electron chi connectivity index (χ2n) is 4.25. The Bertz CT molecular complexity index is 514. The maximum absolute atomic E-state index is 9.13. The SMILES string of the molecule is CCCCC/C(=N/O)c1c[nH]c2ccccc12. The Kier molecular flexibility index (Phi) is 3.81. The lowest BCUT2D eigenvalue weighted by atomic mass is 10.0. The minimum absolute atomic E-state index is 0.774. The van der Waals surface area contributed by atoms with Gasteiger partial charge < -0.3 is 10.2 Å². The fourth-order valence-corrected chi connectivity index (χ4v) is 2.09. The van der Waals surface area contributed by atoms with Crippen LogP contribution in [-0.4, -0.2) is 15.9 Å². The molecule has 0 fully saturated rings. The van der Waals surface area contributed by atoms with Crippen molar-refractivity contribution in [2.24, 2.45) is 5.16 Å². The van der Waals surface area contributed by atoms with Gasteiger partial charge in [-0.25, -0.2) is 0 Å². The molecule has 0 unspecified atom stereocenters. The van der Waals surface area contributed by atoms with Gasteiger partial charge in [-0.2, -0.15) is 0 Å². The number of hydrogen-bond donors (Lipinski definition) is 2. The zero-order valence-corrected chi connectivity index (χ0v) is 10.1. The van der Waals surface area contributed by atoms with Crippen LogP contribution in [-0.2, 0) is 0 Å². The topological polar surface area (TPSA) is 48.4 Å². The number of para-hydroxylation sites is 1. The molecule has 3 heteroatoms. The van der Waals surface area contributed by atoms with Gasteiger partial charge in [0, 0.05) is 22.7 Å². The number of aromatic amines is 1. The quantitative estimate of drug-likeness (QED) is 0.348. The van der Waals surface area contributed by atoms with E-state index in [4.69, 9.17) is 5.21 Å². The van der Waals surface area contributed by atoms with E-state index < -0.39 is 0 Å². The van der Waals surface area contributed by atoms with Crippen molar-refractivity contribution in [1.82, 2.24) is 4.98 Å². The first-order chi connectivity index (χ1) is 8.36. The molecule has 0 saturated heterocycles. The minimum Gasteiger partial charge on any atom is -0.411 e. The molecule has 17 heavy (non-hydrogen) atoms. The predicted molar refractivity (Wildman–Crippen MR) is 70.8 cm³/mol. The van der Waals surface area contributed by atoms with Gasteiger partial charge in [-0.3, -0.25) is 0 Å². The largest absolute Gasteiger partial charge is 0.411 e. The van der Waals surface area contributed by atoms with Crippen LogP contribution in [0.5, 0.6) is 0 Å². The number of nitrogens with zero attached hydrogens (tertiary/aromatic N) is 1. The molecule has 1 aromatic carbocycles. The van der Waals surface area contributed by atoms with E-state index in [1.807, 2.05) is 30.5 Å². The molecule has 2 N–H and O–H groups in total. The number of fused-ring (bicyclic) bond motifs is 1. The van der Waals surface area contributed by atoms with E-state index in [0.29, 0.717) is 0 Å². The Hall–Kier alpha value is -1.77. The van der Waals surface area contributed by atoms with Crippen molar-refractivity contribution < 1.29 is 5.21 Å². The third kappa shape index (κ3) is 2.49. The van der Waals surface area contributed by atoms with Gasteiger partial charge in [0.2, 0.25) is 0 Å². The molecule has 2 aromatic rings. The Morgan fingerprint density at radius 2 is 2.12 bits per heavy atom. The van der Waals surface area contributed by atoms with Crippen molar-refractivity contribution in [3.63, 3.8) is 0 Å². The Labute approximate surface area is 101 Å². The fraction of sp³-hybridized carbons (Fsp3) is 0.357. The fourth-order valence-electron chi connectivity index (χ4n) is 2.09. The highest BCUT2D eigenvalue weighted by Gasteiger charge is 2.09. The third-order valence-corrected chi connectivity index (χ3v) is 3.04. The van der Waals surface area contributed by atoms with Crippen LogP contribution in [0.15, 0.2) is 35.6 Å². The van der Waals surface area contributed by atoms with E-state index in [2.05, 4.69) is 17.1 Å². The van der Waals surface area contributed by atoms with Crippen molar-refractivity contribution in [3.8, 4) is 0 Å². The summed E-state index contributed by atoms with van der Waals surface area (Å²) in [5.41, 5.74) is 2.87. The molecule has 0 saturated carbocycles. The maximum atomic E-state index is 9.13. The summed E-state index contributed by atoms with van der Waals surface area (Å²) in [6.45, 7) is 2.17. The number of H-pyrrole nitrogens is 1. The van der Waals surface area contributed by atoms with Gasteiger partial charge in [-0.1, -0.05) is 43.1 Å². The molecule has 0 atom stereocenters. The number of hydrogen-bond acceptors (Lipinski definition) is 2. The van der Waals surface area contributed by atoms with E-state index in [-0.39, 0.29) is 0 Å². The normalized spacial score (nSPS) is 12.2. The summed E-state index contributed by atoms with van der Waals surface area (Å²) in [5.74, 6) is 0. The second-order valence-corrected chi connectivity index (χ2v) is 4.25. The second kappa shape index (κ2) is 5.53. The third-order valence-electron chi connectivity index (χ3n) is 3.04. The summed E-state index contributed by atoms with van der Waals surface area (Å²) in [6.07, 6.45) is 6.15. The number of oxime groups is 1. The molecule has 0 aliphatic rings. The monoisotopic (exact) mass is 230 g/mol. The predicted octanol–water partition coefficient (Wildman–Crippen LogP) is 3.93. The Morgan fingerprint density at radius 1 is 1.29 bits per heavy atom. The molecule has 0 spiro atoms. The number of rotatable bonds is 5. The smallest absolute Gasteiger partial charge is 0.0889 e. The van der Waals surface area contributed by atoms with E-state index in [1.54, 1.807) is 0 Å². The number of nitrogens with one attached hydrogen (secondary N) is 1. The summed E-state index contributed by atoms with van der Waals surface area (Å²) in [5, 5.41) is 13.7. The van der Waals surface area contributed by atoms with Crippen molar-refractivity contribution in [3.05, 3.63) is 36.0 Å². The summed E-state index contributed by atoms with van der Waals surface area (Å²) >= 11 is 0. The summed E-state index contributed by atoms with van der Waals surface area (Å²) in [6, 6.07) is 8.07. The Balaban J connectivity index is 2.25. The average Bonchev–Trinajstić information content (AvgIpc) is 2.79. The molecule has 1 aromatic heterocycles. The molecular weight excluding hydrogens is 212 g/mol. The van der Waals surface area contributed by atoms with Gasteiger partial charge in [0.15, 0.2) is 0 Å². The summed E-state index contributed by atoms with van der Waals surface area (Å²) in [4.78, 5) is 3.20. The first kappa shape index (κ1) is 11.7. The molecule has 0 aliphatic carbocycles. The van der Waals surface area contributed by atoms with E-state index in [1.165, 1.54) is 12.8 Å². The maximum Gasteiger partial charge on any atom is 0.0889 e. The van der Waals surface area contributed by atoms with Gasteiger partial charge >= 0.3 is 0 Å². The average molecular weight is 230 g/mol. The lowest BCUT2D eigenvalue weighted by Crippen LogP contribution is -2.00. The van der Waals surface area contributed by atoms with Crippen LogP contribution in [0, 0.1) is 0 Å². The summed E-state index contributed by atoms with van der Waals surface area (Å²) < 4.78 is 0. The van der Waals surface area contributed by atoms with Crippen LogP contribution in [0.1, 0.15) is 38.2 Å². The molecule has 0 amide bonds. The molecule has 2 rings (SSSR count). The molecule has 3 nitrogen and oxygen atoms in total. The number of unbranched alkanes of at least 4 members (excludes halogenated alkanes) is 2. The van der Waals surface area contributed by atoms with Gasteiger partial charge in [0.25, 0.3) is 0 Å². The first-order valence-corrected chi connectivity index (χ1v) is 6.14. The first-order valence-electron chi connectivity index (χ1n) is 6.14. The van der Waals surface area contributed by atoms with Crippen molar-refractivity contribution in [2.45, 2.75) is 32.6 Å².